The lowest BCUT2D eigenvalue weighted by atomic mass is 9.96. The number of anilines is 1. The molecule has 0 radical (unpaired) electrons. The van der Waals surface area contributed by atoms with E-state index in [2.05, 4.69) is 20.5 Å². The highest BCUT2D eigenvalue weighted by atomic mass is 35.5. The van der Waals surface area contributed by atoms with Gasteiger partial charge in [-0.1, -0.05) is 17.7 Å². The van der Waals surface area contributed by atoms with Crippen LogP contribution in [0.2, 0.25) is 5.02 Å². The Hall–Kier alpha value is -2.88. The third-order valence-corrected chi connectivity index (χ3v) is 5.40. The molecule has 0 bridgehead atoms. The summed E-state index contributed by atoms with van der Waals surface area (Å²) >= 11 is 6.02. The van der Waals surface area contributed by atoms with Crippen molar-refractivity contribution < 1.29 is 18.0 Å². The molecule has 1 aliphatic heterocycles. The Morgan fingerprint density at radius 2 is 2.00 bits per heavy atom. The monoisotopic (exact) mass is 438 g/mol. The molecule has 7 nitrogen and oxygen atoms in total. The average Bonchev–Trinajstić information content (AvgIpc) is 3.14. The van der Waals surface area contributed by atoms with Gasteiger partial charge < -0.3 is 10.2 Å². The number of rotatable bonds is 4. The Morgan fingerprint density at radius 3 is 2.70 bits per heavy atom. The van der Waals surface area contributed by atoms with Crippen LogP contribution in [0.1, 0.15) is 24.2 Å². The summed E-state index contributed by atoms with van der Waals surface area (Å²) in [6, 6.07) is 6.43. The Kier molecular flexibility index (Phi) is 5.50. The molecule has 0 atom stereocenters. The van der Waals surface area contributed by atoms with E-state index in [4.69, 9.17) is 11.6 Å². The number of halogens is 4. The number of nitrogens with one attached hydrogen (secondary N) is 1. The number of hydrogen-bond acceptors (Lipinski definition) is 5. The van der Waals surface area contributed by atoms with E-state index >= 15 is 0 Å². The van der Waals surface area contributed by atoms with Crippen molar-refractivity contribution in [3.63, 3.8) is 0 Å². The summed E-state index contributed by atoms with van der Waals surface area (Å²) < 4.78 is 40.1. The van der Waals surface area contributed by atoms with Gasteiger partial charge in [-0.2, -0.15) is 13.2 Å². The molecule has 1 aliphatic rings. The summed E-state index contributed by atoms with van der Waals surface area (Å²) in [5.74, 6) is 0.651. The number of aromatic nitrogens is 4. The minimum atomic E-state index is -4.49. The first-order valence-corrected chi connectivity index (χ1v) is 9.75. The molecule has 158 valence electrons. The number of amides is 1. The van der Waals surface area contributed by atoms with E-state index in [9.17, 15) is 18.0 Å². The molecular formula is C19H18ClF3N6O. The summed E-state index contributed by atoms with van der Waals surface area (Å²) in [6.45, 7) is 1.21. The molecule has 3 aromatic rings. The number of carbonyl (C=O) groups is 1. The van der Waals surface area contributed by atoms with Crippen LogP contribution in [-0.2, 0) is 17.5 Å². The van der Waals surface area contributed by atoms with Crippen LogP contribution in [-0.4, -0.2) is 38.6 Å². The molecule has 4 heterocycles. The van der Waals surface area contributed by atoms with Crippen molar-refractivity contribution in [3.8, 4) is 0 Å². The second-order valence-electron chi connectivity index (χ2n) is 7.05. The lowest BCUT2D eigenvalue weighted by Crippen LogP contribution is -2.41. The molecular weight excluding hydrogens is 421 g/mol. The fraction of sp³-hybridized carbons (Fsp3) is 0.368. The Bertz CT molecular complexity index is 1060. The van der Waals surface area contributed by atoms with Gasteiger partial charge >= 0.3 is 6.18 Å². The summed E-state index contributed by atoms with van der Waals surface area (Å²) in [6.07, 6.45) is -0.786. The first kappa shape index (κ1) is 20.4. The van der Waals surface area contributed by atoms with E-state index in [0.29, 0.717) is 43.2 Å². The van der Waals surface area contributed by atoms with E-state index in [1.165, 1.54) is 0 Å². The van der Waals surface area contributed by atoms with Gasteiger partial charge in [-0.05, 0) is 31.0 Å². The van der Waals surface area contributed by atoms with Crippen molar-refractivity contribution in [2.45, 2.75) is 25.6 Å². The summed E-state index contributed by atoms with van der Waals surface area (Å²) in [5.41, 5.74) is -0.178. The Balaban J connectivity index is 1.33. The molecule has 0 aliphatic carbocycles. The van der Waals surface area contributed by atoms with Crippen LogP contribution in [0.5, 0.6) is 0 Å². The third kappa shape index (κ3) is 4.18. The number of nitrogens with zero attached hydrogens (tertiary/aromatic N) is 5. The second kappa shape index (κ2) is 8.10. The van der Waals surface area contributed by atoms with Gasteiger partial charge in [-0.25, -0.2) is 4.98 Å². The fourth-order valence-corrected chi connectivity index (χ4v) is 3.78. The maximum absolute atomic E-state index is 12.8. The minimum Gasteiger partial charge on any atom is -0.355 e. The molecule has 0 aromatic carbocycles. The zero-order valence-electron chi connectivity index (χ0n) is 15.7. The first-order chi connectivity index (χ1) is 14.3. The van der Waals surface area contributed by atoms with Crippen molar-refractivity contribution in [1.82, 2.24) is 24.9 Å². The predicted octanol–water partition coefficient (Wildman–Crippen LogP) is 3.33. The summed E-state index contributed by atoms with van der Waals surface area (Å²) in [7, 11) is 0. The highest BCUT2D eigenvalue weighted by molar-refractivity contribution is 6.33. The number of piperidine rings is 1. The zero-order chi connectivity index (χ0) is 21.3. The van der Waals surface area contributed by atoms with Gasteiger partial charge in [-0.3, -0.25) is 9.20 Å². The van der Waals surface area contributed by atoms with Gasteiger partial charge in [0.15, 0.2) is 11.5 Å². The van der Waals surface area contributed by atoms with Gasteiger partial charge in [0.05, 0.1) is 17.1 Å². The number of carbonyl (C=O) groups excluding carboxylic acids is 1. The Morgan fingerprint density at radius 1 is 1.23 bits per heavy atom. The van der Waals surface area contributed by atoms with E-state index < -0.39 is 11.7 Å². The van der Waals surface area contributed by atoms with Crippen molar-refractivity contribution >= 4 is 29.0 Å². The predicted molar refractivity (Wildman–Crippen MR) is 104 cm³/mol. The lowest BCUT2D eigenvalue weighted by molar-refractivity contribution is -0.137. The lowest BCUT2D eigenvalue weighted by Gasteiger charge is -2.32. The van der Waals surface area contributed by atoms with Gasteiger partial charge in [-0.15, -0.1) is 10.2 Å². The van der Waals surface area contributed by atoms with Gasteiger partial charge in [0, 0.05) is 31.4 Å². The van der Waals surface area contributed by atoms with Gasteiger partial charge in [0.1, 0.15) is 5.82 Å². The molecule has 0 spiro atoms. The maximum atomic E-state index is 12.8. The number of fused-ring (bicyclic) bond motifs is 1. The van der Waals surface area contributed by atoms with Crippen molar-refractivity contribution in [1.29, 1.82) is 0 Å². The molecule has 1 amide bonds. The average molecular weight is 439 g/mol. The van der Waals surface area contributed by atoms with Gasteiger partial charge in [0.25, 0.3) is 0 Å². The molecule has 1 N–H and O–H groups in total. The molecule has 1 fully saturated rings. The van der Waals surface area contributed by atoms with Crippen LogP contribution >= 0.6 is 11.6 Å². The maximum Gasteiger partial charge on any atom is 0.417 e. The zero-order valence-corrected chi connectivity index (χ0v) is 16.5. The normalized spacial score (nSPS) is 15.5. The highest BCUT2D eigenvalue weighted by Crippen LogP contribution is 2.34. The van der Waals surface area contributed by atoms with Gasteiger partial charge in [0.2, 0.25) is 5.91 Å². The number of hydrogen-bond donors (Lipinski definition) is 1. The topological polar surface area (TPSA) is 75.4 Å². The molecule has 11 heteroatoms. The van der Waals surface area contributed by atoms with Crippen LogP contribution < -0.4 is 10.2 Å². The molecule has 0 saturated carbocycles. The quantitative estimate of drug-likeness (QED) is 0.676. The van der Waals surface area contributed by atoms with Crippen molar-refractivity contribution in [3.05, 3.63) is 53.1 Å². The van der Waals surface area contributed by atoms with E-state index in [0.717, 1.165) is 12.3 Å². The molecule has 0 unspecified atom stereocenters. The van der Waals surface area contributed by atoms with Crippen LogP contribution in [0.15, 0.2) is 36.7 Å². The fourth-order valence-electron chi connectivity index (χ4n) is 3.49. The van der Waals surface area contributed by atoms with E-state index in [1.54, 1.807) is 9.30 Å². The number of alkyl halides is 3. The Labute approximate surface area is 174 Å². The second-order valence-corrected chi connectivity index (χ2v) is 7.46. The highest BCUT2D eigenvalue weighted by Gasteiger charge is 2.33. The summed E-state index contributed by atoms with van der Waals surface area (Å²) in [5, 5.41) is 11.0. The van der Waals surface area contributed by atoms with Crippen LogP contribution in [0.4, 0.5) is 19.0 Å². The molecule has 30 heavy (non-hydrogen) atoms. The van der Waals surface area contributed by atoms with E-state index in [1.807, 2.05) is 24.4 Å². The van der Waals surface area contributed by atoms with Crippen LogP contribution in [0, 0.1) is 5.92 Å². The third-order valence-electron chi connectivity index (χ3n) is 5.12. The largest absolute Gasteiger partial charge is 0.417 e. The van der Waals surface area contributed by atoms with E-state index in [-0.39, 0.29) is 23.4 Å². The summed E-state index contributed by atoms with van der Waals surface area (Å²) in [4.78, 5) is 18.2. The SMILES string of the molecule is O=C(NCc1nnc2ccccn12)C1CCN(c2ncc(C(F)(F)F)cc2Cl)CC1. The molecule has 4 rings (SSSR count). The number of pyridine rings is 2. The van der Waals surface area contributed by atoms with Crippen molar-refractivity contribution in [2.24, 2.45) is 5.92 Å². The van der Waals surface area contributed by atoms with Crippen LogP contribution in [0.3, 0.4) is 0 Å². The van der Waals surface area contributed by atoms with Crippen LogP contribution in [0.25, 0.3) is 5.65 Å². The first-order valence-electron chi connectivity index (χ1n) is 9.37. The standard InChI is InChI=1S/C19H18ClF3N6O/c20-14-9-13(19(21,22)23)10-24-17(14)28-7-4-12(5-8-28)18(30)25-11-16-27-26-15-3-1-2-6-29(15)16/h1-3,6,9-10,12H,4-5,7-8,11H2,(H,25,30). The smallest absolute Gasteiger partial charge is 0.355 e. The molecule has 3 aromatic heterocycles. The van der Waals surface area contributed by atoms with Crippen molar-refractivity contribution in [2.75, 3.05) is 18.0 Å². The minimum absolute atomic E-state index is 0.0496. The molecule has 1 saturated heterocycles.